The topological polar surface area (TPSA) is 123 Å². The number of aliphatic hydroxyl groups is 3. The van der Waals surface area contributed by atoms with E-state index in [9.17, 15) is 28.9 Å². The van der Waals surface area contributed by atoms with Crippen molar-refractivity contribution in [2.24, 2.45) is 11.8 Å². The van der Waals surface area contributed by atoms with E-state index in [2.05, 4.69) is 16.0 Å². The third-order valence-electron chi connectivity index (χ3n) is 7.78. The quantitative estimate of drug-likeness (QED) is 0.152. The highest BCUT2D eigenvalue weighted by Gasteiger charge is 2.48. The molecule has 38 heavy (non-hydrogen) atoms. The number of nitrogens with one attached hydrogen (secondary N) is 3. The van der Waals surface area contributed by atoms with Crippen molar-refractivity contribution in [3.8, 4) is 0 Å². The zero-order valence-electron chi connectivity index (χ0n) is 22.0. The third-order valence-corrected chi connectivity index (χ3v) is 8.90. The molecule has 6 N–H and O–H groups in total. The number of aliphatic hydroxyl groups excluding tert-OH is 3. The van der Waals surface area contributed by atoms with Crippen LogP contribution in [0.5, 0.6) is 0 Å². The fraction of sp³-hybridized carbons (Fsp3) is 0.808. The second-order valence-corrected chi connectivity index (χ2v) is 12.1. The molecular formula is C26H42ClF2N3O5S. The van der Waals surface area contributed by atoms with Gasteiger partial charge in [-0.25, -0.2) is 8.78 Å². The molecule has 0 aromatic heterocycles. The summed E-state index contributed by atoms with van der Waals surface area (Å²) in [5, 5.41) is 39.3. The van der Waals surface area contributed by atoms with Crippen molar-refractivity contribution < 1.29 is 33.6 Å². The fourth-order valence-electron chi connectivity index (χ4n) is 5.10. The SMILES string of the molecule is CSC1OC([C@H](NC(=O)[C@@H]2CC=C(/C=C/CNCC(F)(F)C3CCC3)CCN2)[C@H](C)Cl)C(O)C(CO)[C@H]1O. The average molecular weight is 582 g/mol. The fourth-order valence-corrected chi connectivity index (χ4v) is 6.02. The van der Waals surface area contributed by atoms with Gasteiger partial charge in [-0.15, -0.1) is 23.4 Å². The number of hydrogen-bond donors (Lipinski definition) is 6. The molecule has 218 valence electrons. The maximum Gasteiger partial charge on any atom is 0.263 e. The van der Waals surface area contributed by atoms with Gasteiger partial charge in [-0.2, -0.15) is 0 Å². The van der Waals surface area contributed by atoms with Crippen molar-refractivity contribution >= 4 is 29.3 Å². The van der Waals surface area contributed by atoms with Crippen molar-refractivity contribution in [2.45, 2.75) is 86.2 Å². The first kappa shape index (κ1) is 31.7. The number of allylic oxidation sites excluding steroid dienone is 1. The van der Waals surface area contributed by atoms with Crippen molar-refractivity contribution in [1.29, 1.82) is 0 Å². The molecule has 2 heterocycles. The van der Waals surface area contributed by atoms with E-state index in [1.165, 1.54) is 11.8 Å². The maximum absolute atomic E-state index is 14.0. The van der Waals surface area contributed by atoms with Crippen LogP contribution in [0.3, 0.4) is 0 Å². The van der Waals surface area contributed by atoms with Crippen LogP contribution in [-0.2, 0) is 9.53 Å². The van der Waals surface area contributed by atoms with Crippen LogP contribution in [-0.4, -0.2) is 101 Å². The Hall–Kier alpha value is -0.790. The molecule has 0 radical (unpaired) electrons. The molecule has 12 heteroatoms. The van der Waals surface area contributed by atoms with Gasteiger partial charge in [0.2, 0.25) is 5.91 Å². The highest BCUT2D eigenvalue weighted by Crippen LogP contribution is 2.39. The van der Waals surface area contributed by atoms with Crippen LogP contribution < -0.4 is 16.0 Å². The van der Waals surface area contributed by atoms with Gasteiger partial charge in [-0.3, -0.25) is 4.79 Å². The van der Waals surface area contributed by atoms with Gasteiger partial charge in [-0.1, -0.05) is 30.2 Å². The highest BCUT2D eigenvalue weighted by atomic mass is 35.5. The molecule has 1 saturated heterocycles. The monoisotopic (exact) mass is 581 g/mol. The molecule has 4 unspecified atom stereocenters. The Morgan fingerprint density at radius 1 is 1.37 bits per heavy atom. The average Bonchev–Trinajstić information content (AvgIpc) is 3.07. The number of halogens is 3. The van der Waals surface area contributed by atoms with E-state index in [1.54, 1.807) is 13.2 Å². The van der Waals surface area contributed by atoms with E-state index in [-0.39, 0.29) is 12.5 Å². The summed E-state index contributed by atoms with van der Waals surface area (Å²) in [4.78, 5) is 13.2. The van der Waals surface area contributed by atoms with Gasteiger partial charge in [0.05, 0.1) is 42.8 Å². The number of alkyl halides is 3. The van der Waals surface area contributed by atoms with Crippen LogP contribution in [0.4, 0.5) is 8.78 Å². The van der Waals surface area contributed by atoms with Crippen molar-refractivity contribution in [3.05, 3.63) is 23.8 Å². The zero-order valence-corrected chi connectivity index (χ0v) is 23.6. The smallest absolute Gasteiger partial charge is 0.263 e. The summed E-state index contributed by atoms with van der Waals surface area (Å²) < 4.78 is 33.9. The van der Waals surface area contributed by atoms with Crippen LogP contribution in [0.15, 0.2) is 23.8 Å². The number of thioether (sulfide) groups is 1. The van der Waals surface area contributed by atoms with Crippen LogP contribution in [0.2, 0.25) is 0 Å². The summed E-state index contributed by atoms with van der Waals surface area (Å²) in [6.45, 7) is 1.84. The van der Waals surface area contributed by atoms with Crippen LogP contribution >= 0.6 is 23.4 Å². The first-order valence-corrected chi connectivity index (χ1v) is 15.1. The molecule has 0 aromatic carbocycles. The minimum absolute atomic E-state index is 0.299. The summed E-state index contributed by atoms with van der Waals surface area (Å²) in [5.41, 5.74) is 0.332. The van der Waals surface area contributed by atoms with Gasteiger partial charge in [0.25, 0.3) is 5.92 Å². The van der Waals surface area contributed by atoms with E-state index in [0.717, 1.165) is 12.0 Å². The lowest BCUT2D eigenvalue weighted by atomic mass is 9.80. The standard InChI is InChI=1S/C26H42ClF2N3O5S/c1-15(27)20(23-21(34)18(13-33)22(35)25(37-23)38-2)32-24(36)19-9-8-16(10-12-31-19)5-4-11-30-14-26(28,29)17-6-3-7-17/h4-5,8,15,17-23,25,30-31,33-35H,3,6-7,9-14H2,1-2H3,(H,32,36)/b5-4+/t15-,18?,19-,20+,21?,22+,23?,25?/m0/s1. The van der Waals surface area contributed by atoms with Gasteiger partial charge in [0.15, 0.2) is 0 Å². The molecule has 2 aliphatic heterocycles. The summed E-state index contributed by atoms with van der Waals surface area (Å²) in [5.74, 6) is -4.29. The van der Waals surface area contributed by atoms with Gasteiger partial charge in [0.1, 0.15) is 11.5 Å². The van der Waals surface area contributed by atoms with Crippen molar-refractivity contribution in [2.75, 3.05) is 32.5 Å². The van der Waals surface area contributed by atoms with Crippen LogP contribution in [0.1, 0.15) is 39.0 Å². The highest BCUT2D eigenvalue weighted by molar-refractivity contribution is 7.99. The Bertz CT molecular complexity index is 833. The van der Waals surface area contributed by atoms with E-state index in [4.69, 9.17) is 16.3 Å². The lowest BCUT2D eigenvalue weighted by molar-refractivity contribution is -0.188. The molecule has 0 aromatic rings. The Labute approximate surface area is 233 Å². The summed E-state index contributed by atoms with van der Waals surface area (Å²) in [6, 6.07) is -1.29. The molecular weight excluding hydrogens is 540 g/mol. The van der Waals surface area contributed by atoms with Gasteiger partial charge in [0, 0.05) is 18.4 Å². The molecule has 3 aliphatic rings. The van der Waals surface area contributed by atoms with Crippen LogP contribution in [0, 0.1) is 11.8 Å². The predicted molar refractivity (Wildman–Crippen MR) is 145 cm³/mol. The number of carbonyl (C=O) groups excluding carboxylic acids is 1. The minimum atomic E-state index is -2.66. The molecule has 1 amide bonds. The minimum Gasteiger partial charge on any atom is -0.396 e. The molecule has 1 saturated carbocycles. The molecule has 8 atom stereocenters. The molecule has 8 nitrogen and oxygen atoms in total. The molecule has 1 aliphatic carbocycles. The largest absolute Gasteiger partial charge is 0.396 e. The lowest BCUT2D eigenvalue weighted by Gasteiger charge is -2.45. The Kier molecular flexibility index (Phi) is 12.3. The zero-order chi connectivity index (χ0) is 27.9. The first-order chi connectivity index (χ1) is 18.1. The number of amides is 1. The first-order valence-electron chi connectivity index (χ1n) is 13.4. The summed E-state index contributed by atoms with van der Waals surface area (Å²) >= 11 is 7.66. The maximum atomic E-state index is 14.0. The second kappa shape index (κ2) is 14.7. The summed E-state index contributed by atoms with van der Waals surface area (Å²) in [7, 11) is 0. The van der Waals surface area contributed by atoms with Gasteiger partial charge >= 0.3 is 0 Å². The van der Waals surface area contributed by atoms with Gasteiger partial charge < -0.3 is 36.0 Å². The van der Waals surface area contributed by atoms with Crippen LogP contribution in [0.25, 0.3) is 0 Å². The predicted octanol–water partition coefficient (Wildman–Crippen LogP) is 1.78. The molecule has 0 bridgehead atoms. The molecule has 3 rings (SSSR count). The number of hydrogen-bond acceptors (Lipinski definition) is 8. The Morgan fingerprint density at radius 3 is 2.71 bits per heavy atom. The van der Waals surface area contributed by atoms with E-state index in [0.29, 0.717) is 38.8 Å². The molecule has 2 fully saturated rings. The lowest BCUT2D eigenvalue weighted by Crippen LogP contribution is -2.64. The molecule has 0 spiro atoms. The normalized spacial score (nSPS) is 32.8. The second-order valence-electron chi connectivity index (χ2n) is 10.4. The van der Waals surface area contributed by atoms with E-state index < -0.39 is 65.6 Å². The van der Waals surface area contributed by atoms with E-state index >= 15 is 0 Å². The van der Waals surface area contributed by atoms with Gasteiger partial charge in [-0.05, 0) is 45.4 Å². The number of ether oxygens (including phenoxy) is 1. The van der Waals surface area contributed by atoms with E-state index in [1.807, 2.05) is 18.2 Å². The summed E-state index contributed by atoms with van der Waals surface area (Å²) in [6.07, 6.45) is 7.43. The Balaban J connectivity index is 1.53. The number of rotatable bonds is 12. The third kappa shape index (κ3) is 8.13. The Morgan fingerprint density at radius 2 is 2.11 bits per heavy atom. The number of carbonyl (C=O) groups is 1. The van der Waals surface area contributed by atoms with Crippen molar-refractivity contribution in [3.63, 3.8) is 0 Å². The van der Waals surface area contributed by atoms with Crippen molar-refractivity contribution in [1.82, 2.24) is 16.0 Å².